The molecule has 430 valence electrons. The Kier molecular flexibility index (Phi) is 22.1. The van der Waals surface area contributed by atoms with E-state index in [4.69, 9.17) is 9.47 Å². The van der Waals surface area contributed by atoms with Crippen molar-refractivity contribution in [3.63, 3.8) is 0 Å². The summed E-state index contributed by atoms with van der Waals surface area (Å²) >= 11 is 19.5. The fraction of sp³-hybridized carbons (Fsp3) is 0.0714. The zero-order chi connectivity index (χ0) is 59.9. The van der Waals surface area contributed by atoms with E-state index in [-0.39, 0.29) is 77.0 Å². The molecule has 27 heteroatoms. The Morgan fingerprint density at radius 1 is 0.530 bits per heavy atom. The molecule has 3 aromatic heterocycles. The van der Waals surface area contributed by atoms with Crippen molar-refractivity contribution in [3.05, 3.63) is 219 Å². The Morgan fingerprint density at radius 2 is 0.904 bits per heavy atom. The molecule has 0 aliphatic rings. The highest BCUT2D eigenvalue weighted by Crippen LogP contribution is 2.36. The molecule has 0 fully saturated rings. The third-order valence-corrected chi connectivity index (χ3v) is 13.8. The zero-order valence-corrected chi connectivity index (χ0v) is 51.8. The largest absolute Gasteiger partial charge is 0.508 e. The first-order chi connectivity index (χ1) is 38.8. The van der Waals surface area contributed by atoms with Crippen LogP contribution in [0.1, 0.15) is 27.0 Å². The molecule has 0 unspecified atom stereocenters. The van der Waals surface area contributed by atoms with Gasteiger partial charge in [0, 0.05) is 71.3 Å². The molecule has 83 heavy (non-hydrogen) atoms. The van der Waals surface area contributed by atoms with Gasteiger partial charge in [0.1, 0.15) is 40.2 Å². The topological polar surface area (TPSA) is 275 Å². The fourth-order valence-corrected chi connectivity index (χ4v) is 9.60. The van der Waals surface area contributed by atoms with Gasteiger partial charge < -0.3 is 50.7 Å². The first-order valence-corrected chi connectivity index (χ1v) is 28.4. The van der Waals surface area contributed by atoms with Gasteiger partial charge in [-0.2, -0.15) is 13.2 Å². The highest BCUT2D eigenvalue weighted by atomic mass is 79.9. The van der Waals surface area contributed by atoms with Crippen LogP contribution in [0.2, 0.25) is 0 Å². The van der Waals surface area contributed by atoms with Gasteiger partial charge in [0.25, 0.3) is 16.7 Å². The van der Waals surface area contributed by atoms with Crippen molar-refractivity contribution in [3.8, 4) is 57.3 Å². The van der Waals surface area contributed by atoms with Crippen molar-refractivity contribution in [2.75, 3.05) is 7.11 Å². The van der Waals surface area contributed by atoms with E-state index in [9.17, 15) is 68.1 Å². The number of aliphatic hydroxyl groups is 2. The number of carbonyl (C=O) groups is 1. The summed E-state index contributed by atoms with van der Waals surface area (Å²) < 4.78 is 55.1. The van der Waals surface area contributed by atoms with Crippen LogP contribution in [0.15, 0.2) is 180 Å². The number of carbonyl (C=O) groups excluding carboxylic acids is 1. The molecule has 10 rings (SSSR count). The van der Waals surface area contributed by atoms with Crippen LogP contribution in [0.25, 0.3) is 49.4 Å². The third kappa shape index (κ3) is 15.4. The van der Waals surface area contributed by atoms with Gasteiger partial charge in [-0.15, -0.1) is 47.3 Å². The van der Waals surface area contributed by atoms with E-state index >= 15 is 0 Å². The second kappa shape index (κ2) is 28.1. The molecule has 0 radical (unpaired) electrons. The first-order valence-electron chi connectivity index (χ1n) is 23.3. The minimum atomic E-state index is -4.55. The lowest BCUT2D eigenvalue weighted by Gasteiger charge is -2.14. The van der Waals surface area contributed by atoms with Gasteiger partial charge in [-0.25, -0.2) is 4.79 Å². The Hall–Kier alpha value is -6.95. The zero-order valence-electron chi connectivity index (χ0n) is 42.2. The average molecular weight is 1530 g/mol. The molecule has 0 amide bonds. The Morgan fingerprint density at radius 3 is 1.31 bits per heavy atom. The van der Waals surface area contributed by atoms with Crippen LogP contribution in [0, 0.1) is 0 Å². The summed E-state index contributed by atoms with van der Waals surface area (Å²) in [4.78, 5) is 51.4. The Balaban J connectivity index is 0.000000200. The van der Waals surface area contributed by atoms with E-state index in [0.29, 0.717) is 63.5 Å². The summed E-state index contributed by atoms with van der Waals surface area (Å²) in [7, 11) is 1.52. The van der Waals surface area contributed by atoms with Crippen LogP contribution in [-0.4, -0.2) is 71.2 Å². The molecule has 17 nitrogen and oxygen atoms in total. The monoisotopic (exact) mass is 1520 g/mol. The highest BCUT2D eigenvalue weighted by Gasteiger charge is 2.30. The minimum Gasteiger partial charge on any atom is -0.508 e. The van der Waals surface area contributed by atoms with Crippen molar-refractivity contribution in [1.82, 2.24) is 13.7 Å². The fourth-order valence-electron chi connectivity index (χ4n) is 8.05. The number of esters is 1. The number of hydrogen-bond donors (Lipinski definition) is 7. The van der Waals surface area contributed by atoms with E-state index in [1.54, 1.807) is 79.3 Å². The van der Waals surface area contributed by atoms with E-state index in [1.807, 2.05) is 0 Å². The number of alkyl halides is 3. The molecule has 7 aromatic carbocycles. The molecule has 0 atom stereocenters. The molecule has 10 aromatic rings. The lowest BCUT2D eigenvalue weighted by molar-refractivity contribution is -0.137. The van der Waals surface area contributed by atoms with Crippen LogP contribution in [0.3, 0.4) is 0 Å². The van der Waals surface area contributed by atoms with Crippen LogP contribution < -0.4 is 26.2 Å². The summed E-state index contributed by atoms with van der Waals surface area (Å²) in [5, 5.41) is 68.8. The van der Waals surface area contributed by atoms with E-state index in [2.05, 4.69) is 95.1 Å². The summed E-state index contributed by atoms with van der Waals surface area (Å²) in [6.45, 7) is -0.619. The second-order valence-corrected chi connectivity index (χ2v) is 26.2. The molecule has 0 saturated heterocycles. The quantitative estimate of drug-likeness (QED) is 0.0424. The van der Waals surface area contributed by atoms with E-state index < -0.39 is 35.4 Å². The number of phenolic OH excluding ortho intramolecular Hbond substituents is 5. The lowest BCUT2D eigenvalue weighted by Crippen LogP contribution is -2.20. The number of pyridine rings is 3. The maximum Gasteiger partial charge on any atom is 0.416 e. The summed E-state index contributed by atoms with van der Waals surface area (Å²) in [6, 6.07) is 31.0. The van der Waals surface area contributed by atoms with Gasteiger partial charge in [-0.1, -0.05) is 0 Å². The minimum absolute atomic E-state index is 0. The van der Waals surface area contributed by atoms with Crippen LogP contribution in [-0.2, 0) is 19.4 Å². The second-order valence-electron chi connectivity index (χ2n) is 17.2. The Labute approximate surface area is 517 Å². The van der Waals surface area contributed by atoms with Crippen LogP contribution in [0.5, 0.6) is 40.2 Å². The predicted octanol–water partition coefficient (Wildman–Crippen LogP) is 12.4. The van der Waals surface area contributed by atoms with Crippen molar-refractivity contribution in [1.29, 1.82) is 0 Å². The molecule has 0 spiro atoms. The van der Waals surface area contributed by atoms with Gasteiger partial charge >= 0.3 is 15.3 Å². The number of halogens is 9. The SMILES string of the molecule is BrB(Br)Br.COc1ccc(-n2cc(Br)c3cc(CO)cc(OC(=O)c4ccc(C(F)(F)F)cc4)c3c2=O)cc1.O.O=c1c2c(O)cc(CO)cc2c(Br)cn1-c1ccc(O)cc1.O=c1c2c(O)cc(O)cc2c(Br)cn1-c1ccc(O)cc1. The summed E-state index contributed by atoms with van der Waals surface area (Å²) in [5.74, 6) is -0.880. The smallest absolute Gasteiger partial charge is 0.416 e. The van der Waals surface area contributed by atoms with E-state index in [0.717, 1.165) is 30.3 Å². The summed E-state index contributed by atoms with van der Waals surface area (Å²) in [5.41, 5.74) is 0.172. The Bertz CT molecular complexity index is 4190. The maximum absolute atomic E-state index is 13.5. The number of phenols is 5. The molecule has 0 saturated carbocycles. The van der Waals surface area contributed by atoms with Gasteiger partial charge in [0.2, 0.25) is 0 Å². The number of ether oxygens (including phenoxy) is 2. The number of benzene rings is 7. The number of fused-ring (bicyclic) bond motifs is 3. The molecule has 0 bridgehead atoms. The van der Waals surface area contributed by atoms with Gasteiger partial charge in [-0.3, -0.25) is 28.1 Å². The standard InChI is InChI=1S/C25H17BrF3NO5.C16H12BrNO4.C15H10BrNO4.BBr3.H2O/c1-34-18-8-6-17(7-9-18)30-12-20(26)19-10-14(13-31)11-21(22(19)23(30)32)35-24(33)15-2-4-16(5-3-15)25(27,28)29;17-13-7-18(10-1-3-11(20)4-2-10)16(22)15-12(13)5-9(8-19)6-14(15)21;16-12-7-17(8-1-3-9(18)4-2-8)15(21)14-11(12)5-10(19)6-13(14)20;2-1(3)4;/h2-12,31H,13H2,1H3;1-7,19-21H,8H2;1-7,18-20H;;1H2. The van der Waals surface area contributed by atoms with Crippen molar-refractivity contribution in [2.24, 2.45) is 0 Å². The van der Waals surface area contributed by atoms with Gasteiger partial charge in [0.15, 0.2) is 0 Å². The number of aliphatic hydroxyl groups excluding tert-OH is 2. The molecule has 9 N–H and O–H groups in total. The molecular weight excluding hydrogens is 1490 g/mol. The normalized spacial score (nSPS) is 10.8. The number of hydrogen-bond acceptors (Lipinski definition) is 13. The molecule has 0 aliphatic carbocycles. The third-order valence-electron chi connectivity index (χ3n) is 11.9. The van der Waals surface area contributed by atoms with Gasteiger partial charge in [-0.05, 0) is 186 Å². The van der Waals surface area contributed by atoms with Crippen LogP contribution >= 0.6 is 95.1 Å². The highest BCUT2D eigenvalue weighted by molar-refractivity contribution is 9.69. The summed E-state index contributed by atoms with van der Waals surface area (Å²) in [6.07, 6.45) is 0.148. The van der Waals surface area contributed by atoms with Gasteiger partial charge in [0.05, 0.1) is 47.6 Å². The van der Waals surface area contributed by atoms with E-state index in [1.165, 1.54) is 63.3 Å². The number of rotatable bonds is 8. The molecule has 3 heterocycles. The number of methoxy groups -OCH3 is 1. The van der Waals surface area contributed by atoms with Crippen molar-refractivity contribution >= 4 is 137 Å². The maximum atomic E-state index is 13.5. The van der Waals surface area contributed by atoms with Crippen molar-refractivity contribution in [2.45, 2.75) is 19.4 Å². The van der Waals surface area contributed by atoms with Crippen LogP contribution in [0.4, 0.5) is 13.2 Å². The number of aromatic nitrogens is 3. The average Bonchev–Trinajstić information content (AvgIpc) is 2.32. The predicted molar refractivity (Wildman–Crippen MR) is 331 cm³/mol. The number of aromatic hydroxyl groups is 5. The van der Waals surface area contributed by atoms with Crippen molar-refractivity contribution < 1.29 is 68.7 Å². The number of nitrogens with zero attached hydrogens (tertiary/aromatic N) is 3. The molecular formula is C56H41BBr6F3N3O14. The molecule has 0 aliphatic heterocycles. The lowest BCUT2D eigenvalue weighted by atomic mass is 10.1. The first kappa shape index (κ1) is 65.2.